The molecule has 0 radical (unpaired) electrons. The van der Waals surface area contributed by atoms with Gasteiger partial charge in [0.2, 0.25) is 5.96 Å². The molecule has 4 aromatic rings. The van der Waals surface area contributed by atoms with Crippen LogP contribution in [0.15, 0.2) is 89.9 Å². The molecule has 2 atom stereocenters. The van der Waals surface area contributed by atoms with Crippen LogP contribution in [0.2, 0.25) is 0 Å². The number of hydrogen-bond acceptors (Lipinski definition) is 4. The summed E-state index contributed by atoms with van der Waals surface area (Å²) < 4.78 is 2.14. The van der Waals surface area contributed by atoms with E-state index in [2.05, 4.69) is 84.9 Å². The number of aliphatic imine (C=N–C) groups is 1. The number of rotatable bonds is 5. The lowest BCUT2D eigenvalue weighted by Crippen LogP contribution is -2.61. The van der Waals surface area contributed by atoms with Crippen molar-refractivity contribution in [1.29, 1.82) is 0 Å². The molecule has 194 valence electrons. The minimum absolute atomic E-state index is 0.0405. The van der Waals surface area contributed by atoms with Gasteiger partial charge in [0.25, 0.3) is 5.91 Å². The maximum Gasteiger partial charge on any atom is 0.280 e. The first-order valence-electron chi connectivity index (χ1n) is 13.8. The first kappa shape index (κ1) is 24.0. The summed E-state index contributed by atoms with van der Waals surface area (Å²) in [5.41, 5.74) is 4.93. The highest BCUT2D eigenvalue weighted by Crippen LogP contribution is 2.52. The topological polar surface area (TPSA) is 53.7 Å². The van der Waals surface area contributed by atoms with Crippen molar-refractivity contribution in [3.63, 3.8) is 0 Å². The van der Waals surface area contributed by atoms with Crippen molar-refractivity contribution in [2.75, 3.05) is 11.9 Å². The normalized spacial score (nSPS) is 23.4. The molecule has 39 heavy (non-hydrogen) atoms. The molecule has 1 amide bonds. The van der Waals surface area contributed by atoms with Crippen LogP contribution in [-0.4, -0.2) is 52.2 Å². The highest BCUT2D eigenvalue weighted by atomic mass is 16.2. The molecule has 0 N–H and O–H groups in total. The van der Waals surface area contributed by atoms with Gasteiger partial charge in [-0.05, 0) is 48.4 Å². The Morgan fingerprint density at radius 3 is 2.26 bits per heavy atom. The highest BCUT2D eigenvalue weighted by molar-refractivity contribution is 6.28. The van der Waals surface area contributed by atoms with E-state index in [0.29, 0.717) is 18.7 Å². The van der Waals surface area contributed by atoms with E-state index in [1.807, 2.05) is 31.3 Å². The molecule has 7 rings (SSSR count). The molecular formula is C32H32BN5O. The van der Waals surface area contributed by atoms with E-state index in [9.17, 15) is 4.79 Å². The van der Waals surface area contributed by atoms with Gasteiger partial charge in [0, 0.05) is 25.5 Å². The summed E-state index contributed by atoms with van der Waals surface area (Å²) in [5, 5.41) is 0. The number of benzene rings is 3. The molecule has 6 nitrogen and oxygen atoms in total. The van der Waals surface area contributed by atoms with Crippen LogP contribution in [0, 0.1) is 0 Å². The number of guanidine groups is 1. The molecular weight excluding hydrogens is 481 g/mol. The van der Waals surface area contributed by atoms with Crippen molar-refractivity contribution in [2.24, 2.45) is 4.99 Å². The number of nitrogens with zero attached hydrogens (tertiary/aromatic N) is 5. The third-order valence-corrected chi connectivity index (χ3v) is 9.18. The first-order valence-corrected chi connectivity index (χ1v) is 13.8. The number of carbonyl (C=O) groups is 1. The highest BCUT2D eigenvalue weighted by Gasteiger charge is 2.61. The van der Waals surface area contributed by atoms with E-state index < -0.39 is 0 Å². The van der Waals surface area contributed by atoms with Gasteiger partial charge in [-0.1, -0.05) is 84.9 Å². The fraction of sp³-hybridized carbons (Fsp3) is 0.281. The maximum absolute atomic E-state index is 13.9. The number of aromatic nitrogens is 2. The average Bonchev–Trinajstić information content (AvgIpc) is 3.52. The predicted molar refractivity (Wildman–Crippen MR) is 158 cm³/mol. The quantitative estimate of drug-likeness (QED) is 0.363. The number of fused-ring (bicyclic) bond motifs is 5. The van der Waals surface area contributed by atoms with Crippen LogP contribution in [-0.2, 0) is 13.0 Å². The Labute approximate surface area is 230 Å². The molecule has 1 saturated carbocycles. The van der Waals surface area contributed by atoms with Gasteiger partial charge in [0.15, 0.2) is 11.5 Å². The SMILES string of the molecule is B[C@]12CCC[C@@]1(C)N=C1N(C)C(=O)c3c(nc(Cc4ccc(-c5ccccc5)cc4)n3Cc3ccccc3)N12. The van der Waals surface area contributed by atoms with Crippen molar-refractivity contribution in [3.05, 3.63) is 108 Å². The second-order valence-electron chi connectivity index (χ2n) is 11.5. The number of amides is 1. The Bertz CT molecular complexity index is 1600. The summed E-state index contributed by atoms with van der Waals surface area (Å²) in [6.45, 7) is 2.83. The van der Waals surface area contributed by atoms with Crippen LogP contribution in [0.4, 0.5) is 5.82 Å². The van der Waals surface area contributed by atoms with E-state index in [-0.39, 0.29) is 16.9 Å². The van der Waals surface area contributed by atoms with E-state index >= 15 is 0 Å². The third-order valence-electron chi connectivity index (χ3n) is 9.18. The molecule has 1 aromatic heterocycles. The summed E-state index contributed by atoms with van der Waals surface area (Å²) in [5.74, 6) is 2.35. The fourth-order valence-corrected chi connectivity index (χ4v) is 6.69. The van der Waals surface area contributed by atoms with Crippen molar-refractivity contribution in [2.45, 2.75) is 50.1 Å². The largest absolute Gasteiger partial charge is 0.317 e. The van der Waals surface area contributed by atoms with Crippen molar-refractivity contribution < 1.29 is 4.79 Å². The lowest BCUT2D eigenvalue weighted by molar-refractivity contribution is 0.0854. The van der Waals surface area contributed by atoms with Gasteiger partial charge in [-0.25, -0.2) is 9.98 Å². The van der Waals surface area contributed by atoms with Gasteiger partial charge < -0.3 is 4.57 Å². The van der Waals surface area contributed by atoms with E-state index in [1.54, 1.807) is 4.90 Å². The molecule has 1 fully saturated rings. The number of carbonyl (C=O) groups excluding carboxylic acids is 1. The Balaban J connectivity index is 1.33. The van der Waals surface area contributed by atoms with Gasteiger partial charge >= 0.3 is 0 Å². The average molecular weight is 513 g/mol. The van der Waals surface area contributed by atoms with Gasteiger partial charge in [-0.2, -0.15) is 0 Å². The Kier molecular flexibility index (Phi) is 5.34. The molecule has 3 aromatic carbocycles. The van der Waals surface area contributed by atoms with Crippen LogP contribution < -0.4 is 4.90 Å². The molecule has 1 aliphatic carbocycles. The zero-order valence-corrected chi connectivity index (χ0v) is 22.8. The van der Waals surface area contributed by atoms with Crippen LogP contribution in [0.3, 0.4) is 0 Å². The Hall–Kier alpha value is -4.13. The van der Waals surface area contributed by atoms with Crippen LogP contribution >= 0.6 is 0 Å². The third kappa shape index (κ3) is 3.59. The summed E-state index contributed by atoms with van der Waals surface area (Å²) >= 11 is 0. The monoisotopic (exact) mass is 513 g/mol. The lowest BCUT2D eigenvalue weighted by atomic mass is 9.66. The van der Waals surface area contributed by atoms with Gasteiger partial charge in [0.1, 0.15) is 13.7 Å². The van der Waals surface area contributed by atoms with Crippen molar-refractivity contribution >= 4 is 25.5 Å². The second-order valence-corrected chi connectivity index (χ2v) is 11.5. The summed E-state index contributed by atoms with van der Waals surface area (Å²) in [7, 11) is 4.15. The number of anilines is 1. The van der Waals surface area contributed by atoms with Crippen LogP contribution in [0.5, 0.6) is 0 Å². The van der Waals surface area contributed by atoms with Gasteiger partial charge in [0.05, 0.1) is 5.54 Å². The second kappa shape index (κ2) is 8.70. The molecule has 2 aliphatic heterocycles. The van der Waals surface area contributed by atoms with Crippen LogP contribution in [0.25, 0.3) is 11.1 Å². The minimum Gasteiger partial charge on any atom is -0.317 e. The first-order chi connectivity index (χ1) is 18.9. The molecule has 3 aliphatic rings. The Morgan fingerprint density at radius 2 is 1.54 bits per heavy atom. The fourth-order valence-electron chi connectivity index (χ4n) is 6.69. The molecule has 0 unspecified atom stereocenters. The van der Waals surface area contributed by atoms with Crippen molar-refractivity contribution in [1.82, 2.24) is 14.5 Å². The van der Waals surface area contributed by atoms with Gasteiger partial charge in [-0.3, -0.25) is 14.6 Å². The van der Waals surface area contributed by atoms with Crippen LogP contribution in [0.1, 0.15) is 53.6 Å². The van der Waals surface area contributed by atoms with E-state index in [1.165, 1.54) is 16.7 Å². The summed E-state index contributed by atoms with van der Waals surface area (Å²) in [6, 6.07) is 29.5. The summed E-state index contributed by atoms with van der Waals surface area (Å²) in [6.07, 6.45) is 3.81. The molecule has 0 spiro atoms. The van der Waals surface area contributed by atoms with Gasteiger partial charge in [-0.15, -0.1) is 0 Å². The minimum atomic E-state index is -0.227. The maximum atomic E-state index is 13.9. The smallest absolute Gasteiger partial charge is 0.280 e. The zero-order valence-electron chi connectivity index (χ0n) is 22.8. The Morgan fingerprint density at radius 1 is 0.872 bits per heavy atom. The number of imidazole rings is 1. The molecule has 0 bridgehead atoms. The van der Waals surface area contributed by atoms with Crippen molar-refractivity contribution in [3.8, 4) is 11.1 Å². The number of hydrogen-bond donors (Lipinski definition) is 0. The zero-order chi connectivity index (χ0) is 26.8. The molecule has 0 saturated heterocycles. The predicted octanol–water partition coefficient (Wildman–Crippen LogP) is 4.72. The lowest BCUT2D eigenvalue weighted by Gasteiger charge is -2.43. The van der Waals surface area contributed by atoms with E-state index in [4.69, 9.17) is 9.98 Å². The molecule has 7 heteroatoms. The summed E-state index contributed by atoms with van der Waals surface area (Å²) in [4.78, 5) is 28.3. The van der Waals surface area contributed by atoms with E-state index in [0.717, 1.165) is 42.4 Å². The molecule has 3 heterocycles. The standard InChI is InChI=1S/C32H32BN5O/c1-31-18-9-19-32(31,33)38-28-27(29(39)36(2)30(38)35-31)37(21-23-10-5-3-6-11-23)26(34-28)20-22-14-16-25(17-15-22)24-12-7-4-8-13-24/h3-8,10-17H,9,18-21,33H2,1-2H3/t31-,32+/m1/s1.